The summed E-state index contributed by atoms with van der Waals surface area (Å²) in [4.78, 5) is 22.9. The Morgan fingerprint density at radius 2 is 1.91 bits per heavy atom. The van der Waals surface area contributed by atoms with Gasteiger partial charge in [0, 0.05) is 36.6 Å². The predicted molar refractivity (Wildman–Crippen MR) is 122 cm³/mol. The number of aromatic nitrogens is 1. The number of nitrogens with zero attached hydrogens (tertiary/aromatic N) is 3. The van der Waals surface area contributed by atoms with Gasteiger partial charge >= 0.3 is 6.18 Å². The van der Waals surface area contributed by atoms with Crippen molar-refractivity contribution in [1.82, 2.24) is 9.88 Å². The third kappa shape index (κ3) is 5.25. The summed E-state index contributed by atoms with van der Waals surface area (Å²) in [5.41, 5.74) is 0.210. The largest absolute Gasteiger partial charge is 0.416 e. The molecule has 0 aliphatic carbocycles. The normalized spacial score (nSPS) is 15.2. The molecule has 1 aliphatic rings. The van der Waals surface area contributed by atoms with Crippen molar-refractivity contribution >= 4 is 44.4 Å². The molecule has 0 N–H and O–H groups in total. The summed E-state index contributed by atoms with van der Waals surface area (Å²) in [6.45, 7) is 3.85. The lowest BCUT2D eigenvalue weighted by molar-refractivity contribution is -0.137. The second-order valence-corrected chi connectivity index (χ2v) is 9.20. The molecule has 170 valence electrons. The summed E-state index contributed by atoms with van der Waals surface area (Å²) in [7, 11) is 0. The molecule has 32 heavy (non-hydrogen) atoms. The highest BCUT2D eigenvalue weighted by atomic mass is 32.2. The van der Waals surface area contributed by atoms with Crippen LogP contribution >= 0.6 is 23.1 Å². The molecule has 4 rings (SSSR count). The molecule has 0 spiro atoms. The third-order valence-electron chi connectivity index (χ3n) is 5.26. The number of rotatable bonds is 6. The van der Waals surface area contributed by atoms with E-state index in [1.165, 1.54) is 23.5 Å². The van der Waals surface area contributed by atoms with E-state index in [2.05, 4.69) is 9.88 Å². The number of hydrogen-bond donors (Lipinski definition) is 0. The molecule has 0 atom stereocenters. The minimum Gasteiger partial charge on any atom is -0.379 e. The zero-order chi connectivity index (χ0) is 22.7. The Balaban J connectivity index is 1.62. The maximum Gasteiger partial charge on any atom is 0.416 e. The Bertz CT molecular complexity index is 1080. The van der Waals surface area contributed by atoms with E-state index in [1.54, 1.807) is 16.7 Å². The van der Waals surface area contributed by atoms with Gasteiger partial charge < -0.3 is 4.74 Å². The molecule has 1 aromatic heterocycles. The molecule has 0 radical (unpaired) electrons. The fourth-order valence-electron chi connectivity index (χ4n) is 3.44. The number of carbonyl (C=O) groups is 1. The number of hydrogen-bond acceptors (Lipinski definition) is 6. The van der Waals surface area contributed by atoms with Gasteiger partial charge in [0.2, 0.25) is 0 Å². The van der Waals surface area contributed by atoms with Gasteiger partial charge in [-0.05, 0) is 48.7 Å². The van der Waals surface area contributed by atoms with Crippen LogP contribution in [0, 0.1) is 0 Å². The van der Waals surface area contributed by atoms with Crippen LogP contribution in [-0.2, 0) is 10.9 Å². The minimum atomic E-state index is -4.44. The van der Waals surface area contributed by atoms with Crippen LogP contribution < -0.4 is 4.90 Å². The zero-order valence-electron chi connectivity index (χ0n) is 17.4. The number of fused-ring (bicyclic) bond motifs is 1. The van der Waals surface area contributed by atoms with Gasteiger partial charge in [0.15, 0.2) is 5.13 Å². The lowest BCUT2D eigenvalue weighted by Crippen LogP contribution is -2.43. The Morgan fingerprint density at radius 1 is 1.19 bits per heavy atom. The Labute approximate surface area is 192 Å². The summed E-state index contributed by atoms with van der Waals surface area (Å²) in [5.74, 6) is -0.365. The molecule has 1 fully saturated rings. The van der Waals surface area contributed by atoms with Crippen LogP contribution in [0.3, 0.4) is 0 Å². The first-order chi connectivity index (χ1) is 15.3. The fourth-order valence-corrected chi connectivity index (χ4v) is 4.99. The van der Waals surface area contributed by atoms with Gasteiger partial charge in [0.05, 0.1) is 29.0 Å². The second kappa shape index (κ2) is 9.78. The van der Waals surface area contributed by atoms with Crippen LogP contribution in [0.5, 0.6) is 0 Å². The van der Waals surface area contributed by atoms with E-state index in [9.17, 15) is 18.0 Å². The fraction of sp³-hybridized carbons (Fsp3) is 0.364. The van der Waals surface area contributed by atoms with Crippen LogP contribution in [0.25, 0.3) is 10.2 Å². The van der Waals surface area contributed by atoms with Crippen LogP contribution in [0.1, 0.15) is 15.9 Å². The maximum absolute atomic E-state index is 13.3. The SMILES string of the molecule is CSc1ccc2nc(N(CCN3CCOCC3)C(=O)c3ccc(C(F)(F)F)cc3)sc2c1. The number of halogens is 3. The molecule has 10 heteroatoms. The lowest BCUT2D eigenvalue weighted by atomic mass is 10.1. The molecular formula is C22H22F3N3O2S2. The van der Waals surface area contributed by atoms with Gasteiger partial charge in [-0.25, -0.2) is 4.98 Å². The van der Waals surface area contributed by atoms with Crippen molar-refractivity contribution in [1.29, 1.82) is 0 Å². The van der Waals surface area contributed by atoms with Crippen molar-refractivity contribution in [3.63, 3.8) is 0 Å². The minimum absolute atomic E-state index is 0.198. The van der Waals surface area contributed by atoms with E-state index in [-0.39, 0.29) is 11.5 Å². The van der Waals surface area contributed by atoms with Crippen molar-refractivity contribution in [3.8, 4) is 0 Å². The number of carbonyl (C=O) groups excluding carboxylic acids is 1. The lowest BCUT2D eigenvalue weighted by Gasteiger charge is -2.29. The van der Waals surface area contributed by atoms with Crippen molar-refractivity contribution in [3.05, 3.63) is 53.6 Å². The molecule has 1 aliphatic heterocycles. The Kier molecular flexibility index (Phi) is 7.04. The standard InChI is InChI=1S/C22H22F3N3O2S2/c1-31-17-6-7-18-19(14-17)32-21(26-18)28(9-8-27-10-12-30-13-11-27)20(29)15-2-4-16(5-3-15)22(23,24)25/h2-7,14H,8-13H2,1H3. The Morgan fingerprint density at radius 3 is 2.56 bits per heavy atom. The van der Waals surface area contributed by atoms with Crippen LogP contribution in [0.2, 0.25) is 0 Å². The molecule has 2 heterocycles. The van der Waals surface area contributed by atoms with Gasteiger partial charge in [-0.1, -0.05) is 11.3 Å². The van der Waals surface area contributed by atoms with E-state index < -0.39 is 11.7 Å². The quantitative estimate of drug-likeness (QED) is 0.463. The van der Waals surface area contributed by atoms with Crippen molar-refractivity contribution in [2.24, 2.45) is 0 Å². The van der Waals surface area contributed by atoms with E-state index in [1.807, 2.05) is 24.5 Å². The Hall–Kier alpha value is -2.14. The molecule has 0 saturated carbocycles. The first kappa shape index (κ1) is 23.0. The topological polar surface area (TPSA) is 45.7 Å². The number of ether oxygens (including phenoxy) is 1. The molecule has 1 amide bonds. The van der Waals surface area contributed by atoms with Gasteiger partial charge in [-0.2, -0.15) is 13.2 Å². The number of thioether (sulfide) groups is 1. The van der Waals surface area contributed by atoms with Crippen LogP contribution in [-0.4, -0.2) is 61.4 Å². The highest BCUT2D eigenvalue weighted by Crippen LogP contribution is 2.33. The predicted octanol–water partition coefficient (Wildman–Crippen LogP) is 5.02. The zero-order valence-corrected chi connectivity index (χ0v) is 19.0. The first-order valence-corrected chi connectivity index (χ1v) is 12.1. The van der Waals surface area contributed by atoms with E-state index in [0.717, 1.165) is 40.3 Å². The molecule has 2 aromatic carbocycles. The summed E-state index contributed by atoms with van der Waals surface area (Å²) in [6, 6.07) is 10.3. The molecule has 5 nitrogen and oxygen atoms in total. The van der Waals surface area contributed by atoms with Crippen LogP contribution in [0.15, 0.2) is 47.4 Å². The molecular weight excluding hydrogens is 459 g/mol. The number of benzene rings is 2. The number of anilines is 1. The summed E-state index contributed by atoms with van der Waals surface area (Å²) in [6.07, 6.45) is -2.45. The number of morpholine rings is 1. The van der Waals surface area contributed by atoms with Gasteiger partial charge in [0.1, 0.15) is 0 Å². The van der Waals surface area contributed by atoms with Gasteiger partial charge in [-0.15, -0.1) is 11.8 Å². The van der Waals surface area contributed by atoms with E-state index in [4.69, 9.17) is 4.74 Å². The maximum atomic E-state index is 13.3. The van der Waals surface area contributed by atoms with Crippen LogP contribution in [0.4, 0.5) is 18.3 Å². The summed E-state index contributed by atoms with van der Waals surface area (Å²) < 4.78 is 45.1. The average Bonchev–Trinajstić information content (AvgIpc) is 3.22. The smallest absolute Gasteiger partial charge is 0.379 e. The number of amides is 1. The van der Waals surface area contributed by atoms with Crippen molar-refractivity contribution in [2.45, 2.75) is 11.1 Å². The van der Waals surface area contributed by atoms with Crippen molar-refractivity contribution in [2.75, 3.05) is 50.5 Å². The second-order valence-electron chi connectivity index (χ2n) is 7.32. The number of thiazole rings is 1. The molecule has 1 saturated heterocycles. The highest BCUT2D eigenvalue weighted by Gasteiger charge is 2.31. The summed E-state index contributed by atoms with van der Waals surface area (Å²) in [5, 5.41) is 0.538. The van der Waals surface area contributed by atoms with Gasteiger partial charge in [0.25, 0.3) is 5.91 Å². The van der Waals surface area contributed by atoms with Gasteiger partial charge in [-0.3, -0.25) is 14.6 Å². The monoisotopic (exact) mass is 481 g/mol. The molecule has 3 aromatic rings. The third-order valence-corrected chi connectivity index (χ3v) is 7.03. The highest BCUT2D eigenvalue weighted by molar-refractivity contribution is 7.98. The average molecular weight is 482 g/mol. The van der Waals surface area contributed by atoms with Crippen molar-refractivity contribution < 1.29 is 22.7 Å². The molecule has 0 unspecified atom stereocenters. The first-order valence-electron chi connectivity index (χ1n) is 10.1. The summed E-state index contributed by atoms with van der Waals surface area (Å²) >= 11 is 3.03. The molecule has 0 bridgehead atoms. The van der Waals surface area contributed by atoms with E-state index >= 15 is 0 Å². The number of alkyl halides is 3. The van der Waals surface area contributed by atoms with E-state index in [0.29, 0.717) is 31.4 Å².